The van der Waals surface area contributed by atoms with Crippen molar-refractivity contribution in [3.63, 3.8) is 0 Å². The lowest BCUT2D eigenvalue weighted by Crippen LogP contribution is -2.47. The highest BCUT2D eigenvalue weighted by molar-refractivity contribution is 5.81. The van der Waals surface area contributed by atoms with Crippen molar-refractivity contribution < 1.29 is 4.79 Å². The Bertz CT molecular complexity index is 225. The average molecular weight is 226 g/mol. The van der Waals surface area contributed by atoms with Gasteiger partial charge in [0, 0.05) is 17.9 Å². The predicted octanol–water partition coefficient (Wildman–Crippen LogP) is 1.80. The monoisotopic (exact) mass is 226 g/mol. The number of Topliss-reactive ketones (excluding diaryl/α,β-unsaturated/α-hetero) is 1. The third-order valence-electron chi connectivity index (χ3n) is 3.53. The lowest BCUT2D eigenvalue weighted by atomic mass is 9.88. The summed E-state index contributed by atoms with van der Waals surface area (Å²) in [6, 6.07) is 0. The summed E-state index contributed by atoms with van der Waals surface area (Å²) in [6.07, 6.45) is 3.58. The smallest absolute Gasteiger partial charge is 0.136 e. The molecule has 1 heterocycles. The Balaban J connectivity index is 2.34. The van der Waals surface area contributed by atoms with Gasteiger partial charge in [0.1, 0.15) is 5.78 Å². The number of piperidine rings is 1. The highest BCUT2D eigenvalue weighted by Gasteiger charge is 2.29. The van der Waals surface area contributed by atoms with Crippen LogP contribution in [-0.4, -0.2) is 35.9 Å². The standard InChI is InChI=1S/C13H26N2O/c1-13(2,3)15-9-6-11(7-10-15)12(16)5-4-8-14/h11H,4-10,14H2,1-3H3. The number of rotatable bonds is 4. The molecule has 0 atom stereocenters. The molecule has 1 saturated heterocycles. The molecule has 94 valence electrons. The zero-order valence-electron chi connectivity index (χ0n) is 11.0. The van der Waals surface area contributed by atoms with E-state index in [4.69, 9.17) is 5.73 Å². The molecule has 0 unspecified atom stereocenters. The third kappa shape index (κ3) is 3.87. The van der Waals surface area contributed by atoms with Gasteiger partial charge in [-0.1, -0.05) is 0 Å². The first-order chi connectivity index (χ1) is 7.45. The first-order valence-corrected chi connectivity index (χ1v) is 6.43. The molecular weight excluding hydrogens is 200 g/mol. The summed E-state index contributed by atoms with van der Waals surface area (Å²) in [5.74, 6) is 0.726. The van der Waals surface area contributed by atoms with E-state index in [1.165, 1.54) is 0 Å². The molecule has 1 aliphatic heterocycles. The first kappa shape index (κ1) is 13.7. The molecule has 1 aliphatic rings. The molecule has 0 aromatic heterocycles. The van der Waals surface area contributed by atoms with Crippen LogP contribution in [-0.2, 0) is 4.79 Å². The number of ketones is 1. The third-order valence-corrected chi connectivity index (χ3v) is 3.53. The molecule has 0 saturated carbocycles. The zero-order chi connectivity index (χ0) is 12.2. The van der Waals surface area contributed by atoms with Crippen molar-refractivity contribution in [3.05, 3.63) is 0 Å². The number of nitrogens with zero attached hydrogens (tertiary/aromatic N) is 1. The minimum Gasteiger partial charge on any atom is -0.330 e. The number of hydrogen-bond acceptors (Lipinski definition) is 3. The number of carbonyl (C=O) groups excluding carboxylic acids is 1. The summed E-state index contributed by atoms with van der Waals surface area (Å²) in [6.45, 7) is 9.47. The SMILES string of the molecule is CC(C)(C)N1CCC(C(=O)CCCN)CC1. The van der Waals surface area contributed by atoms with Crippen LogP contribution in [0.4, 0.5) is 0 Å². The van der Waals surface area contributed by atoms with Gasteiger partial charge in [-0.15, -0.1) is 0 Å². The molecular formula is C13H26N2O. The van der Waals surface area contributed by atoms with Crippen molar-refractivity contribution in [2.75, 3.05) is 19.6 Å². The minimum atomic E-state index is 0.241. The first-order valence-electron chi connectivity index (χ1n) is 6.43. The van der Waals surface area contributed by atoms with Gasteiger partial charge in [-0.3, -0.25) is 9.69 Å². The molecule has 2 N–H and O–H groups in total. The molecule has 1 fully saturated rings. The molecule has 3 nitrogen and oxygen atoms in total. The lowest BCUT2D eigenvalue weighted by Gasteiger charge is -2.40. The second-order valence-electron chi connectivity index (χ2n) is 5.79. The van der Waals surface area contributed by atoms with Gasteiger partial charge in [0.05, 0.1) is 0 Å². The molecule has 0 aromatic rings. The Morgan fingerprint density at radius 2 is 1.88 bits per heavy atom. The lowest BCUT2D eigenvalue weighted by molar-refractivity contribution is -0.124. The van der Waals surface area contributed by atoms with Crippen LogP contribution in [0.1, 0.15) is 46.5 Å². The van der Waals surface area contributed by atoms with E-state index in [-0.39, 0.29) is 5.54 Å². The van der Waals surface area contributed by atoms with Crippen LogP contribution in [0, 0.1) is 5.92 Å². The molecule has 0 bridgehead atoms. The molecule has 0 amide bonds. The Hall–Kier alpha value is -0.410. The maximum absolute atomic E-state index is 11.8. The molecule has 1 rings (SSSR count). The van der Waals surface area contributed by atoms with E-state index < -0.39 is 0 Å². The highest BCUT2D eigenvalue weighted by atomic mass is 16.1. The van der Waals surface area contributed by atoms with E-state index >= 15 is 0 Å². The number of carbonyl (C=O) groups is 1. The largest absolute Gasteiger partial charge is 0.330 e. The maximum atomic E-state index is 11.8. The fourth-order valence-corrected chi connectivity index (χ4v) is 2.35. The topological polar surface area (TPSA) is 46.3 Å². The van der Waals surface area contributed by atoms with Gasteiger partial charge in [-0.25, -0.2) is 0 Å². The molecule has 3 heteroatoms. The van der Waals surface area contributed by atoms with Crippen molar-refractivity contribution >= 4 is 5.78 Å². The van der Waals surface area contributed by atoms with Crippen molar-refractivity contribution in [1.29, 1.82) is 0 Å². The van der Waals surface area contributed by atoms with E-state index in [0.717, 1.165) is 32.4 Å². The summed E-state index contributed by atoms with van der Waals surface area (Å²) >= 11 is 0. The second-order valence-corrected chi connectivity index (χ2v) is 5.79. The van der Waals surface area contributed by atoms with Crippen LogP contribution in [0.25, 0.3) is 0 Å². The quantitative estimate of drug-likeness (QED) is 0.795. The van der Waals surface area contributed by atoms with Crippen molar-refractivity contribution in [2.24, 2.45) is 11.7 Å². The Morgan fingerprint density at radius 1 is 1.31 bits per heavy atom. The molecule has 0 aliphatic carbocycles. The van der Waals surface area contributed by atoms with Gasteiger partial charge in [0.15, 0.2) is 0 Å². The maximum Gasteiger partial charge on any atom is 0.136 e. The van der Waals surface area contributed by atoms with E-state index in [1.54, 1.807) is 0 Å². The summed E-state index contributed by atoms with van der Waals surface area (Å²) in [7, 11) is 0. The van der Waals surface area contributed by atoms with Crippen LogP contribution >= 0.6 is 0 Å². The average Bonchev–Trinajstić information content (AvgIpc) is 2.25. The van der Waals surface area contributed by atoms with E-state index in [0.29, 0.717) is 24.7 Å². The zero-order valence-corrected chi connectivity index (χ0v) is 11.0. The van der Waals surface area contributed by atoms with Crippen molar-refractivity contribution in [1.82, 2.24) is 4.90 Å². The van der Waals surface area contributed by atoms with Gasteiger partial charge >= 0.3 is 0 Å². The van der Waals surface area contributed by atoms with Gasteiger partial charge in [0.25, 0.3) is 0 Å². The number of nitrogens with two attached hydrogens (primary N) is 1. The summed E-state index contributed by atoms with van der Waals surface area (Å²) in [4.78, 5) is 14.3. The predicted molar refractivity (Wildman–Crippen MR) is 67.3 cm³/mol. The number of likely N-dealkylation sites (tertiary alicyclic amines) is 1. The number of hydrogen-bond donors (Lipinski definition) is 1. The van der Waals surface area contributed by atoms with E-state index in [9.17, 15) is 4.79 Å². The molecule has 0 aromatic carbocycles. The van der Waals surface area contributed by atoms with Crippen LogP contribution < -0.4 is 5.73 Å². The summed E-state index contributed by atoms with van der Waals surface area (Å²) in [5.41, 5.74) is 5.67. The Labute approximate surface area is 99.4 Å². The fraction of sp³-hybridized carbons (Fsp3) is 0.923. The van der Waals surface area contributed by atoms with Crippen LogP contribution in [0.2, 0.25) is 0 Å². The minimum absolute atomic E-state index is 0.241. The molecule has 16 heavy (non-hydrogen) atoms. The van der Waals surface area contributed by atoms with Gasteiger partial charge < -0.3 is 5.73 Å². The van der Waals surface area contributed by atoms with Crippen LogP contribution in [0.15, 0.2) is 0 Å². The van der Waals surface area contributed by atoms with Crippen molar-refractivity contribution in [3.8, 4) is 0 Å². The second kappa shape index (κ2) is 5.78. The summed E-state index contributed by atoms with van der Waals surface area (Å²) in [5, 5.41) is 0. The molecule has 0 radical (unpaired) electrons. The normalized spacial score (nSPS) is 20.0. The van der Waals surface area contributed by atoms with Gasteiger partial charge in [-0.2, -0.15) is 0 Å². The van der Waals surface area contributed by atoms with Crippen LogP contribution in [0.5, 0.6) is 0 Å². The van der Waals surface area contributed by atoms with Gasteiger partial charge in [-0.05, 0) is 59.7 Å². The van der Waals surface area contributed by atoms with E-state index in [2.05, 4.69) is 25.7 Å². The van der Waals surface area contributed by atoms with E-state index in [1.807, 2.05) is 0 Å². The van der Waals surface area contributed by atoms with Crippen LogP contribution in [0.3, 0.4) is 0 Å². The van der Waals surface area contributed by atoms with Gasteiger partial charge in [0.2, 0.25) is 0 Å². The van der Waals surface area contributed by atoms with Crippen molar-refractivity contribution in [2.45, 2.75) is 52.0 Å². The molecule has 0 spiro atoms. The Morgan fingerprint density at radius 3 is 2.31 bits per heavy atom. The highest BCUT2D eigenvalue weighted by Crippen LogP contribution is 2.25. The Kier molecular flexibility index (Phi) is 4.93. The fourth-order valence-electron chi connectivity index (χ4n) is 2.35. The summed E-state index contributed by atoms with van der Waals surface area (Å²) < 4.78 is 0.